The third-order valence-electron chi connectivity index (χ3n) is 3.06. The fourth-order valence-electron chi connectivity index (χ4n) is 2.05. The number of amides is 1. The lowest BCUT2D eigenvalue weighted by Gasteiger charge is -2.34. The van der Waals surface area contributed by atoms with Gasteiger partial charge in [0.05, 0.1) is 20.3 Å². The Morgan fingerprint density at radius 1 is 1.43 bits per heavy atom. The predicted molar refractivity (Wildman–Crippen MR) is 77.3 cm³/mol. The summed E-state index contributed by atoms with van der Waals surface area (Å²) in [5, 5.41) is 0. The van der Waals surface area contributed by atoms with E-state index in [9.17, 15) is 4.79 Å². The first-order chi connectivity index (χ1) is 9.89. The average molecular weight is 294 g/mol. The predicted octanol–water partition coefficient (Wildman–Crippen LogP) is 2.40. The molecule has 1 fully saturated rings. The molecule has 1 aliphatic heterocycles. The van der Waals surface area contributed by atoms with Crippen LogP contribution in [0.4, 0.5) is 4.79 Å². The van der Waals surface area contributed by atoms with E-state index in [2.05, 4.69) is 4.98 Å². The molecule has 0 aliphatic carbocycles. The Morgan fingerprint density at radius 2 is 2.19 bits per heavy atom. The first-order valence-corrected chi connectivity index (χ1v) is 6.98. The molecule has 0 N–H and O–H groups in total. The highest BCUT2D eigenvalue weighted by atomic mass is 16.6. The van der Waals surface area contributed by atoms with Gasteiger partial charge in [-0.15, -0.1) is 0 Å². The number of aromatic nitrogens is 1. The Kier molecular flexibility index (Phi) is 4.67. The van der Waals surface area contributed by atoms with Gasteiger partial charge in [-0.25, -0.2) is 9.78 Å². The Balaban J connectivity index is 2.01. The van der Waals surface area contributed by atoms with E-state index in [4.69, 9.17) is 14.2 Å². The molecule has 0 bridgehead atoms. The van der Waals surface area contributed by atoms with E-state index in [0.29, 0.717) is 25.6 Å². The summed E-state index contributed by atoms with van der Waals surface area (Å²) in [4.78, 5) is 17.9. The summed E-state index contributed by atoms with van der Waals surface area (Å²) in [6, 6.07) is 3.68. The highest BCUT2D eigenvalue weighted by molar-refractivity contribution is 5.68. The van der Waals surface area contributed by atoms with Crippen LogP contribution in [-0.4, -0.2) is 48.4 Å². The van der Waals surface area contributed by atoms with Gasteiger partial charge in [-0.2, -0.15) is 0 Å². The van der Waals surface area contributed by atoms with Gasteiger partial charge in [-0.3, -0.25) is 0 Å². The molecule has 116 valence electrons. The van der Waals surface area contributed by atoms with Crippen LogP contribution in [0.1, 0.15) is 32.4 Å². The molecule has 1 saturated heterocycles. The second kappa shape index (κ2) is 6.30. The number of nitrogens with zero attached hydrogens (tertiary/aromatic N) is 2. The molecule has 1 aromatic rings. The minimum atomic E-state index is -0.493. The summed E-state index contributed by atoms with van der Waals surface area (Å²) in [5.74, 6) is 0.554. The number of hydrogen-bond donors (Lipinski definition) is 0. The summed E-state index contributed by atoms with van der Waals surface area (Å²) in [7, 11) is 1.57. The highest BCUT2D eigenvalue weighted by Gasteiger charge is 2.29. The molecule has 6 heteroatoms. The van der Waals surface area contributed by atoms with Gasteiger partial charge in [0, 0.05) is 24.4 Å². The number of carbonyl (C=O) groups is 1. The maximum Gasteiger partial charge on any atom is 0.410 e. The van der Waals surface area contributed by atoms with Crippen molar-refractivity contribution < 1.29 is 19.0 Å². The molecule has 0 saturated carbocycles. The molecule has 2 heterocycles. The van der Waals surface area contributed by atoms with Crippen molar-refractivity contribution in [2.45, 2.75) is 32.5 Å². The quantitative estimate of drug-likeness (QED) is 0.838. The van der Waals surface area contributed by atoms with Crippen LogP contribution in [0.2, 0.25) is 0 Å². The van der Waals surface area contributed by atoms with E-state index < -0.39 is 5.60 Å². The number of hydrogen-bond acceptors (Lipinski definition) is 5. The normalized spacial score (nSPS) is 19.2. The second-order valence-corrected chi connectivity index (χ2v) is 5.92. The lowest BCUT2D eigenvalue weighted by molar-refractivity contribution is -0.0434. The minimum Gasteiger partial charge on any atom is -0.481 e. The van der Waals surface area contributed by atoms with Crippen LogP contribution in [0.5, 0.6) is 5.88 Å². The number of carbonyl (C=O) groups excluding carboxylic acids is 1. The molecular formula is C15H22N2O4. The van der Waals surface area contributed by atoms with Crippen LogP contribution in [-0.2, 0) is 9.47 Å². The van der Waals surface area contributed by atoms with Crippen LogP contribution in [0.3, 0.4) is 0 Å². The van der Waals surface area contributed by atoms with E-state index in [-0.39, 0.29) is 12.2 Å². The Labute approximate surface area is 125 Å². The number of rotatable bonds is 2. The Hall–Kier alpha value is -1.82. The van der Waals surface area contributed by atoms with Crippen LogP contribution >= 0.6 is 0 Å². The standard InChI is InChI=1S/C15H22N2O4/c1-15(2,3)21-14(18)17-7-8-20-12(10-17)11-5-6-13(19-4)16-9-11/h5-6,9,12H,7-8,10H2,1-4H3/t12-/m1/s1. The molecule has 1 aliphatic rings. The number of morpholine rings is 1. The number of methoxy groups -OCH3 is 1. The molecule has 1 atom stereocenters. The molecule has 0 unspecified atom stereocenters. The van der Waals surface area contributed by atoms with Crippen LogP contribution in [0.15, 0.2) is 18.3 Å². The van der Waals surface area contributed by atoms with Crippen molar-refractivity contribution in [1.29, 1.82) is 0 Å². The lowest BCUT2D eigenvalue weighted by atomic mass is 10.1. The average Bonchev–Trinajstić information content (AvgIpc) is 2.46. The van der Waals surface area contributed by atoms with Gasteiger partial charge in [0.25, 0.3) is 0 Å². The Bertz CT molecular complexity index is 481. The third kappa shape index (κ3) is 4.32. The summed E-state index contributed by atoms with van der Waals surface area (Å²) in [5.41, 5.74) is 0.427. The van der Waals surface area contributed by atoms with Gasteiger partial charge in [0.1, 0.15) is 11.7 Å². The molecule has 0 radical (unpaired) electrons. The molecule has 21 heavy (non-hydrogen) atoms. The van der Waals surface area contributed by atoms with Crippen LogP contribution < -0.4 is 4.74 Å². The fourth-order valence-corrected chi connectivity index (χ4v) is 2.05. The van der Waals surface area contributed by atoms with Crippen molar-refractivity contribution in [3.05, 3.63) is 23.9 Å². The maximum absolute atomic E-state index is 12.1. The molecule has 1 aromatic heterocycles. The van der Waals surface area contributed by atoms with Gasteiger partial charge in [-0.05, 0) is 26.8 Å². The zero-order chi connectivity index (χ0) is 15.5. The van der Waals surface area contributed by atoms with Crippen molar-refractivity contribution in [2.24, 2.45) is 0 Å². The van der Waals surface area contributed by atoms with Gasteiger partial charge < -0.3 is 19.1 Å². The van der Waals surface area contributed by atoms with Crippen molar-refractivity contribution in [2.75, 3.05) is 26.8 Å². The summed E-state index contributed by atoms with van der Waals surface area (Å²) >= 11 is 0. The zero-order valence-electron chi connectivity index (χ0n) is 13.0. The first kappa shape index (κ1) is 15.6. The molecular weight excluding hydrogens is 272 g/mol. The van der Waals surface area contributed by atoms with E-state index in [1.54, 1.807) is 24.3 Å². The smallest absolute Gasteiger partial charge is 0.410 e. The van der Waals surface area contributed by atoms with Crippen molar-refractivity contribution in [3.63, 3.8) is 0 Å². The van der Waals surface area contributed by atoms with Crippen molar-refractivity contribution in [1.82, 2.24) is 9.88 Å². The van der Waals surface area contributed by atoms with E-state index in [1.807, 2.05) is 26.8 Å². The van der Waals surface area contributed by atoms with E-state index in [0.717, 1.165) is 5.56 Å². The SMILES string of the molecule is COc1ccc([C@H]2CN(C(=O)OC(C)(C)C)CCO2)cn1. The third-order valence-corrected chi connectivity index (χ3v) is 3.06. The van der Waals surface area contributed by atoms with Crippen molar-refractivity contribution in [3.8, 4) is 5.88 Å². The monoisotopic (exact) mass is 294 g/mol. The molecule has 1 amide bonds. The topological polar surface area (TPSA) is 60.9 Å². The van der Waals surface area contributed by atoms with Gasteiger partial charge >= 0.3 is 6.09 Å². The number of pyridine rings is 1. The fraction of sp³-hybridized carbons (Fsp3) is 0.600. The van der Waals surface area contributed by atoms with E-state index >= 15 is 0 Å². The summed E-state index contributed by atoms with van der Waals surface area (Å²) in [6.45, 7) is 7.05. The van der Waals surface area contributed by atoms with Crippen LogP contribution in [0, 0.1) is 0 Å². The largest absolute Gasteiger partial charge is 0.481 e. The molecule has 6 nitrogen and oxygen atoms in total. The van der Waals surface area contributed by atoms with Gasteiger partial charge in [-0.1, -0.05) is 0 Å². The molecule has 0 aromatic carbocycles. The molecule has 0 spiro atoms. The highest BCUT2D eigenvalue weighted by Crippen LogP contribution is 2.24. The van der Waals surface area contributed by atoms with E-state index in [1.165, 1.54) is 0 Å². The lowest BCUT2D eigenvalue weighted by Crippen LogP contribution is -2.44. The van der Waals surface area contributed by atoms with Crippen LogP contribution in [0.25, 0.3) is 0 Å². The summed E-state index contributed by atoms with van der Waals surface area (Å²) in [6.07, 6.45) is 1.21. The Morgan fingerprint density at radius 3 is 2.76 bits per heavy atom. The van der Waals surface area contributed by atoms with Crippen molar-refractivity contribution >= 4 is 6.09 Å². The first-order valence-electron chi connectivity index (χ1n) is 6.98. The zero-order valence-corrected chi connectivity index (χ0v) is 13.0. The van der Waals surface area contributed by atoms with Gasteiger partial charge in [0.2, 0.25) is 5.88 Å². The van der Waals surface area contributed by atoms with Gasteiger partial charge in [0.15, 0.2) is 0 Å². The number of ether oxygens (including phenoxy) is 3. The second-order valence-electron chi connectivity index (χ2n) is 5.92. The maximum atomic E-state index is 12.1. The summed E-state index contributed by atoms with van der Waals surface area (Å²) < 4.78 is 16.1. The minimum absolute atomic E-state index is 0.190. The molecule has 2 rings (SSSR count).